The Bertz CT molecular complexity index is 1270. The normalized spacial score (nSPS) is 10.7. The van der Waals surface area contributed by atoms with Crippen molar-refractivity contribution in [3.05, 3.63) is 93.8 Å². The Hall–Kier alpha value is -3.64. The van der Waals surface area contributed by atoms with Crippen LogP contribution in [0.5, 0.6) is 0 Å². The summed E-state index contributed by atoms with van der Waals surface area (Å²) in [7, 11) is 0. The molecular formula is C24H18N2O. The van der Waals surface area contributed by atoms with Gasteiger partial charge in [0.25, 0.3) is 5.56 Å². The van der Waals surface area contributed by atoms with Crippen LogP contribution in [0.15, 0.2) is 71.5 Å². The van der Waals surface area contributed by atoms with Crippen LogP contribution in [0.25, 0.3) is 33.2 Å². The van der Waals surface area contributed by atoms with Crippen LogP contribution in [0.1, 0.15) is 16.7 Å². The van der Waals surface area contributed by atoms with Crippen molar-refractivity contribution in [1.29, 1.82) is 5.26 Å². The molecule has 1 aromatic heterocycles. The van der Waals surface area contributed by atoms with Gasteiger partial charge in [-0.05, 0) is 41.8 Å². The lowest BCUT2D eigenvalue weighted by molar-refractivity contribution is 1.22. The minimum absolute atomic E-state index is 0.146. The molecule has 0 aliphatic heterocycles. The highest BCUT2D eigenvalue weighted by Crippen LogP contribution is 2.32. The number of hydrogen-bond donors (Lipinski definition) is 1. The molecule has 3 nitrogen and oxygen atoms in total. The Labute approximate surface area is 157 Å². The Morgan fingerprint density at radius 3 is 2.44 bits per heavy atom. The molecule has 0 saturated heterocycles. The number of nitrogens with one attached hydrogen (secondary N) is 1. The van der Waals surface area contributed by atoms with Crippen LogP contribution in [0, 0.1) is 25.2 Å². The van der Waals surface area contributed by atoms with E-state index in [0.717, 1.165) is 33.0 Å². The summed E-state index contributed by atoms with van der Waals surface area (Å²) < 4.78 is 0. The Kier molecular flexibility index (Phi) is 4.10. The van der Waals surface area contributed by atoms with Crippen LogP contribution < -0.4 is 5.56 Å². The maximum atomic E-state index is 12.7. The van der Waals surface area contributed by atoms with Crippen molar-refractivity contribution in [2.24, 2.45) is 0 Å². The van der Waals surface area contributed by atoms with Gasteiger partial charge in [0.1, 0.15) is 11.6 Å². The highest BCUT2D eigenvalue weighted by molar-refractivity contribution is 5.96. The molecule has 0 atom stereocenters. The topological polar surface area (TPSA) is 56.6 Å². The predicted octanol–water partition coefficient (Wildman–Crippen LogP) is 5.35. The molecule has 0 aliphatic carbocycles. The molecule has 0 aliphatic rings. The van der Waals surface area contributed by atoms with Crippen LogP contribution in [0.2, 0.25) is 0 Å². The number of H-pyrrole nitrogens is 1. The van der Waals surface area contributed by atoms with Crippen molar-refractivity contribution in [3.8, 4) is 28.5 Å². The summed E-state index contributed by atoms with van der Waals surface area (Å²) in [6, 6.07) is 24.2. The molecule has 27 heavy (non-hydrogen) atoms. The van der Waals surface area contributed by atoms with Gasteiger partial charge in [-0.15, -0.1) is 0 Å². The maximum absolute atomic E-state index is 12.7. The third-order valence-electron chi connectivity index (χ3n) is 4.91. The van der Waals surface area contributed by atoms with E-state index in [9.17, 15) is 10.1 Å². The van der Waals surface area contributed by atoms with Gasteiger partial charge in [-0.1, -0.05) is 66.2 Å². The summed E-state index contributed by atoms with van der Waals surface area (Å²) in [5, 5.41) is 11.8. The first-order valence-corrected chi connectivity index (χ1v) is 8.81. The second-order valence-electron chi connectivity index (χ2n) is 6.76. The number of pyridine rings is 1. The van der Waals surface area contributed by atoms with E-state index in [0.29, 0.717) is 11.3 Å². The standard InChI is InChI=1S/C24H18N2O/c1-15-10-11-16(2)20(12-15)21-13-23(26-24(27)22(21)14-25)19-9-5-7-17-6-3-4-8-18(17)19/h3-13H,1-2H3,(H,26,27). The molecule has 0 bridgehead atoms. The first kappa shape index (κ1) is 16.8. The number of aromatic amines is 1. The molecule has 130 valence electrons. The molecular weight excluding hydrogens is 332 g/mol. The number of fused-ring (bicyclic) bond motifs is 1. The molecule has 0 spiro atoms. The Balaban J connectivity index is 2.05. The second kappa shape index (κ2) is 6.59. The minimum atomic E-state index is -0.362. The van der Waals surface area contributed by atoms with Crippen molar-refractivity contribution in [2.45, 2.75) is 13.8 Å². The average Bonchev–Trinajstić information content (AvgIpc) is 2.68. The van der Waals surface area contributed by atoms with Gasteiger partial charge in [0.2, 0.25) is 0 Å². The van der Waals surface area contributed by atoms with E-state index in [4.69, 9.17) is 0 Å². The van der Waals surface area contributed by atoms with Gasteiger partial charge in [-0.3, -0.25) is 4.79 Å². The average molecular weight is 350 g/mol. The molecule has 3 heteroatoms. The van der Waals surface area contributed by atoms with E-state index in [1.807, 2.05) is 80.6 Å². The maximum Gasteiger partial charge on any atom is 0.266 e. The van der Waals surface area contributed by atoms with Crippen LogP contribution in [0.4, 0.5) is 0 Å². The summed E-state index contributed by atoms with van der Waals surface area (Å²) >= 11 is 0. The van der Waals surface area contributed by atoms with Crippen molar-refractivity contribution in [2.75, 3.05) is 0 Å². The Morgan fingerprint density at radius 1 is 0.852 bits per heavy atom. The molecule has 1 N–H and O–H groups in total. The van der Waals surface area contributed by atoms with Gasteiger partial charge in [0.05, 0.1) is 0 Å². The van der Waals surface area contributed by atoms with Crippen LogP contribution in [-0.4, -0.2) is 4.98 Å². The van der Waals surface area contributed by atoms with Gasteiger partial charge in [0.15, 0.2) is 0 Å². The third kappa shape index (κ3) is 2.92. The van der Waals surface area contributed by atoms with Gasteiger partial charge in [0, 0.05) is 16.8 Å². The number of nitrogens with zero attached hydrogens (tertiary/aromatic N) is 1. The first-order chi connectivity index (χ1) is 13.1. The van der Waals surface area contributed by atoms with E-state index in [-0.39, 0.29) is 11.1 Å². The number of aryl methyl sites for hydroxylation is 2. The van der Waals surface area contributed by atoms with Gasteiger partial charge in [-0.25, -0.2) is 0 Å². The summed E-state index contributed by atoms with van der Waals surface area (Å²) in [5.41, 5.74) is 5.15. The molecule has 0 radical (unpaired) electrons. The Morgan fingerprint density at radius 2 is 1.63 bits per heavy atom. The zero-order valence-corrected chi connectivity index (χ0v) is 15.2. The fourth-order valence-corrected chi connectivity index (χ4v) is 3.51. The molecule has 3 aromatic carbocycles. The largest absolute Gasteiger partial charge is 0.321 e. The van der Waals surface area contributed by atoms with Crippen molar-refractivity contribution in [1.82, 2.24) is 4.98 Å². The zero-order chi connectivity index (χ0) is 19.0. The molecule has 1 heterocycles. The minimum Gasteiger partial charge on any atom is -0.321 e. The van der Waals surface area contributed by atoms with Crippen LogP contribution in [0.3, 0.4) is 0 Å². The summed E-state index contributed by atoms with van der Waals surface area (Å²) in [5.74, 6) is 0. The highest BCUT2D eigenvalue weighted by Gasteiger charge is 2.15. The van der Waals surface area contributed by atoms with Crippen LogP contribution >= 0.6 is 0 Å². The first-order valence-electron chi connectivity index (χ1n) is 8.81. The summed E-state index contributed by atoms with van der Waals surface area (Å²) in [6.07, 6.45) is 0. The lowest BCUT2D eigenvalue weighted by Gasteiger charge is -2.12. The van der Waals surface area contributed by atoms with E-state index >= 15 is 0 Å². The van der Waals surface area contributed by atoms with Crippen molar-refractivity contribution in [3.63, 3.8) is 0 Å². The number of aromatic nitrogens is 1. The lowest BCUT2D eigenvalue weighted by atomic mass is 9.93. The van der Waals surface area contributed by atoms with E-state index in [1.54, 1.807) is 0 Å². The quantitative estimate of drug-likeness (QED) is 0.530. The highest BCUT2D eigenvalue weighted by atomic mass is 16.1. The molecule has 0 saturated carbocycles. The third-order valence-corrected chi connectivity index (χ3v) is 4.91. The van der Waals surface area contributed by atoms with Crippen molar-refractivity contribution >= 4 is 10.8 Å². The summed E-state index contributed by atoms with van der Waals surface area (Å²) in [4.78, 5) is 15.6. The van der Waals surface area contributed by atoms with Crippen LogP contribution in [-0.2, 0) is 0 Å². The number of hydrogen-bond acceptors (Lipinski definition) is 2. The zero-order valence-electron chi connectivity index (χ0n) is 15.2. The van der Waals surface area contributed by atoms with Gasteiger partial charge >= 0.3 is 0 Å². The fourth-order valence-electron chi connectivity index (χ4n) is 3.51. The van der Waals surface area contributed by atoms with Gasteiger partial charge < -0.3 is 4.98 Å². The van der Waals surface area contributed by atoms with E-state index in [1.165, 1.54) is 0 Å². The van der Waals surface area contributed by atoms with E-state index < -0.39 is 0 Å². The van der Waals surface area contributed by atoms with Crippen molar-refractivity contribution < 1.29 is 0 Å². The molecule has 0 unspecified atom stereocenters. The number of rotatable bonds is 2. The smallest absolute Gasteiger partial charge is 0.266 e. The molecule has 4 rings (SSSR count). The number of nitriles is 1. The molecule has 0 amide bonds. The second-order valence-corrected chi connectivity index (χ2v) is 6.76. The molecule has 4 aromatic rings. The van der Waals surface area contributed by atoms with Gasteiger partial charge in [-0.2, -0.15) is 5.26 Å². The SMILES string of the molecule is Cc1ccc(C)c(-c2cc(-c3cccc4ccccc34)[nH]c(=O)c2C#N)c1. The molecule has 0 fully saturated rings. The lowest BCUT2D eigenvalue weighted by Crippen LogP contribution is -2.13. The predicted molar refractivity (Wildman–Crippen MR) is 110 cm³/mol. The van der Waals surface area contributed by atoms with E-state index in [2.05, 4.69) is 11.1 Å². The monoisotopic (exact) mass is 350 g/mol. The summed E-state index contributed by atoms with van der Waals surface area (Å²) in [6.45, 7) is 4.00. The fraction of sp³-hybridized carbons (Fsp3) is 0.0833. The number of benzene rings is 3.